The Morgan fingerprint density at radius 2 is 0.667 bits per heavy atom. The molecule has 0 bridgehead atoms. The van der Waals surface area contributed by atoms with E-state index >= 15 is 0 Å². The van der Waals surface area contributed by atoms with Gasteiger partial charge in [0, 0.05) is 12.8 Å². The maximum absolute atomic E-state index is 14.3. The number of aliphatic hydroxyl groups is 1. The number of carboxylic acid groups (broad SMARTS) is 4. The number of carbonyl (C=O) groups is 21. The third-order valence-electron chi connectivity index (χ3n) is 16.0. The predicted octanol–water partition coefficient (Wildman–Crippen LogP) is -9.24. The quantitative estimate of drug-likeness (QED) is 0.0269. The molecule has 0 saturated heterocycles. The van der Waals surface area contributed by atoms with Gasteiger partial charge in [0.1, 0.15) is 72.5 Å². The van der Waals surface area contributed by atoms with Crippen LogP contribution in [0, 0.1) is 23.7 Å². The zero-order valence-corrected chi connectivity index (χ0v) is 62.0. The van der Waals surface area contributed by atoms with Gasteiger partial charge in [-0.3, -0.25) is 101 Å². The molecule has 0 radical (unpaired) electrons. The van der Waals surface area contributed by atoms with Crippen molar-refractivity contribution in [3.05, 3.63) is 0 Å². The highest BCUT2D eigenvalue weighted by Gasteiger charge is 2.38. The third kappa shape index (κ3) is 38.2. The number of hydrogen-bond acceptors (Lipinski definition) is 23. The number of primary amides is 2. The zero-order valence-electron chi connectivity index (χ0n) is 62.0. The molecule has 0 rings (SSSR count). The van der Waals surface area contributed by atoms with E-state index < -0.39 is 286 Å². The summed E-state index contributed by atoms with van der Waals surface area (Å²) in [5.74, 6) is -26.1. The van der Waals surface area contributed by atoms with E-state index in [0.717, 1.165) is 6.92 Å². The van der Waals surface area contributed by atoms with E-state index in [-0.39, 0.29) is 37.5 Å². The van der Waals surface area contributed by atoms with Crippen molar-refractivity contribution in [2.45, 2.75) is 225 Å². The summed E-state index contributed by atoms with van der Waals surface area (Å²) in [5, 5.41) is 81.3. The second-order valence-electron chi connectivity index (χ2n) is 26.4. The normalized spacial score (nSPS) is 15.1. The van der Waals surface area contributed by atoms with Crippen LogP contribution in [0.25, 0.3) is 0 Å². The topological polar surface area (TPSA) is 718 Å². The van der Waals surface area contributed by atoms with E-state index in [2.05, 4.69) is 58.5 Å². The Labute approximate surface area is 620 Å². The number of rotatable bonds is 52. The molecule has 0 aromatic rings. The Morgan fingerprint density at radius 1 is 0.324 bits per heavy atom. The number of carbonyl (C=O) groups excluding carboxylic acids is 17. The number of carboxylic acids is 4. The lowest BCUT2D eigenvalue weighted by Gasteiger charge is -2.30. The van der Waals surface area contributed by atoms with Crippen molar-refractivity contribution in [2.24, 2.45) is 40.9 Å². The van der Waals surface area contributed by atoms with Gasteiger partial charge in [-0.1, -0.05) is 68.2 Å². The molecule has 0 fully saturated rings. The van der Waals surface area contributed by atoms with Crippen LogP contribution in [0.4, 0.5) is 0 Å². The number of nitrogens with two attached hydrogens (primary N) is 3. The lowest BCUT2D eigenvalue weighted by molar-refractivity contribution is -0.142. The summed E-state index contributed by atoms with van der Waals surface area (Å²) in [6.45, 7) is 13.1. The summed E-state index contributed by atoms with van der Waals surface area (Å²) in [6, 6.07) is -20.6. The van der Waals surface area contributed by atoms with E-state index in [0.29, 0.717) is 0 Å². The lowest BCUT2D eigenvalue weighted by Crippen LogP contribution is -2.61. The molecule has 44 nitrogen and oxygen atoms in total. The molecule has 0 heterocycles. The summed E-state index contributed by atoms with van der Waals surface area (Å²) in [4.78, 5) is 270. The molecule has 44 heteroatoms. The highest BCUT2D eigenvalue weighted by molar-refractivity contribution is 6.01. The minimum Gasteiger partial charge on any atom is -0.481 e. The Morgan fingerprint density at radius 3 is 1.11 bits per heavy atom. The van der Waals surface area contributed by atoms with Gasteiger partial charge in [-0.2, -0.15) is 0 Å². The fourth-order valence-corrected chi connectivity index (χ4v) is 9.54. The first kappa shape index (κ1) is 96.8. The molecule has 0 aliphatic rings. The first-order valence-electron chi connectivity index (χ1n) is 34.4. The molecule has 0 aromatic carbocycles. The van der Waals surface area contributed by atoms with Gasteiger partial charge in [-0.25, -0.2) is 0 Å². The molecule has 108 heavy (non-hydrogen) atoms. The molecule has 26 N–H and O–H groups in total. The average molecular weight is 1540 g/mol. The molecule has 0 aliphatic carbocycles. The molecular formula is C64H106N18O26. The first-order chi connectivity index (χ1) is 50.2. The van der Waals surface area contributed by atoms with Crippen molar-refractivity contribution >= 4 is 124 Å². The zero-order chi connectivity index (χ0) is 83.2. The summed E-state index contributed by atoms with van der Waals surface area (Å²) in [7, 11) is 0. The first-order valence-corrected chi connectivity index (χ1v) is 34.4. The fraction of sp³-hybridized carbons (Fsp3) is 0.672. The van der Waals surface area contributed by atoms with Crippen LogP contribution in [0.3, 0.4) is 0 Å². The molecule has 0 aromatic heterocycles. The predicted molar refractivity (Wildman–Crippen MR) is 373 cm³/mol. The minimum atomic E-state index is -2.06. The number of hydrogen-bond donors (Lipinski definition) is 23. The van der Waals surface area contributed by atoms with Crippen LogP contribution in [0.2, 0.25) is 0 Å². The van der Waals surface area contributed by atoms with E-state index in [9.17, 15) is 121 Å². The molecule has 15 atom stereocenters. The second kappa shape index (κ2) is 48.8. The Balaban J connectivity index is 6.40. The molecule has 17 amide bonds. The number of aliphatic carboxylic acids is 4. The van der Waals surface area contributed by atoms with Gasteiger partial charge in [-0.15, -0.1) is 0 Å². The van der Waals surface area contributed by atoms with Crippen LogP contribution < -0.4 is 97.0 Å². The van der Waals surface area contributed by atoms with Crippen LogP contribution in [0.1, 0.15) is 147 Å². The van der Waals surface area contributed by atoms with Crippen LogP contribution in [0.15, 0.2) is 0 Å². The van der Waals surface area contributed by atoms with Gasteiger partial charge in [0.05, 0.1) is 51.5 Å². The van der Waals surface area contributed by atoms with Gasteiger partial charge < -0.3 is 122 Å². The highest BCUT2D eigenvalue weighted by atomic mass is 16.4. The van der Waals surface area contributed by atoms with Gasteiger partial charge in [0.25, 0.3) is 0 Å². The van der Waals surface area contributed by atoms with Crippen molar-refractivity contribution in [1.82, 2.24) is 79.8 Å². The second-order valence-corrected chi connectivity index (χ2v) is 26.4. The van der Waals surface area contributed by atoms with Crippen molar-refractivity contribution in [2.75, 3.05) is 26.2 Å². The van der Waals surface area contributed by atoms with E-state index in [1.165, 1.54) is 13.8 Å². The van der Waals surface area contributed by atoms with Crippen LogP contribution in [-0.2, 0) is 101 Å². The van der Waals surface area contributed by atoms with Crippen molar-refractivity contribution < 1.29 is 126 Å². The van der Waals surface area contributed by atoms with Gasteiger partial charge in [-0.05, 0) is 70.1 Å². The summed E-state index contributed by atoms with van der Waals surface area (Å²) < 4.78 is 0. The highest BCUT2D eigenvalue weighted by Crippen LogP contribution is 2.15. The SMILES string of the molecule is CC[C@H](C)[C@H](NC(=O)[C@H](C)NC(=O)[C@@H](NC(=O)[C@H](CC(C)C)NC(=O)[C@H](CCC(=O)O)NC(=O)[C@H](C)NC(=O)[C@H](CCC(N)=O)NC(=O)CNC(=O)[C@H](CC(=O)O)NC(=O)[C@H](CC(N)=O)NC(=O)CNC(=O)[C@@H](N)CC(=O)O)[C@@H](C)CC)C(=O)NCC(=O)N[C@@H](CO)C(=O)N[C@@H](CC(C)C)C(=O)N[C@@H](C)C(=O)O. The number of nitrogens with one attached hydrogen (secondary N) is 15. The summed E-state index contributed by atoms with van der Waals surface area (Å²) in [5.41, 5.74) is 15.9. The standard InChI is InChI=1S/C64H106N18O26/c1-12-29(7)50(62(105)70-25-46(88)76-41(26-83)61(104)79-37(18-27(3)4)58(101)73-33(11)64(107)108)81-53(96)32(10)72-63(106)51(30(8)13-2)82-60(103)38(19-28(5)6)78-57(100)36(15-17-47(89)90)77-52(95)31(9)71-56(99)35(14-16-42(66)84)74-44(86)24-69-55(98)40(22-49(93)94)80-59(102)39(21-43(67)85)75-45(87)23-68-54(97)34(65)20-48(91)92/h27-41,50-51,83H,12-26,65H2,1-11H3,(H2,66,84)(H2,67,85)(H,68,97)(H,69,98)(H,70,105)(H,71,99)(H,72,106)(H,73,101)(H,74,86)(H,75,87)(H,76,88)(H,77,95)(H,78,100)(H,79,104)(H,80,102)(H,81,96)(H,82,103)(H,89,90)(H,91,92)(H,93,94)(H,107,108)/t29-,30-,31-,32-,33-,34-,35-,36-,37-,38-,39-,40-,41-,50-,51-/m0/s1. The Hall–Kier alpha value is -11.2. The minimum absolute atomic E-state index is 0.0493. The average Bonchev–Trinajstić information content (AvgIpc) is 0.846. The van der Waals surface area contributed by atoms with Crippen molar-refractivity contribution in [3.63, 3.8) is 0 Å². The lowest BCUT2D eigenvalue weighted by atomic mass is 9.96. The largest absolute Gasteiger partial charge is 0.481 e. The van der Waals surface area contributed by atoms with Gasteiger partial charge in [0.2, 0.25) is 100 Å². The van der Waals surface area contributed by atoms with E-state index in [1.54, 1.807) is 55.4 Å². The van der Waals surface area contributed by atoms with Crippen molar-refractivity contribution in [3.8, 4) is 0 Å². The van der Waals surface area contributed by atoms with Crippen molar-refractivity contribution in [1.29, 1.82) is 0 Å². The van der Waals surface area contributed by atoms with Crippen LogP contribution in [-0.4, -0.2) is 255 Å². The Kier molecular flexibility index (Phi) is 43.7. The smallest absolute Gasteiger partial charge is 0.325 e. The molecule has 0 unspecified atom stereocenters. The molecule has 0 spiro atoms. The number of aliphatic hydroxyl groups excluding tert-OH is 1. The molecule has 0 aliphatic heterocycles. The summed E-state index contributed by atoms with van der Waals surface area (Å²) in [6.07, 6.45) is -5.03. The molecular weight excluding hydrogens is 1440 g/mol. The van der Waals surface area contributed by atoms with Gasteiger partial charge >= 0.3 is 23.9 Å². The van der Waals surface area contributed by atoms with Crippen LogP contribution >= 0.6 is 0 Å². The molecule has 608 valence electrons. The third-order valence-corrected chi connectivity index (χ3v) is 16.0. The Bertz CT molecular complexity index is 3250. The number of amides is 17. The fourth-order valence-electron chi connectivity index (χ4n) is 9.54. The maximum Gasteiger partial charge on any atom is 0.325 e. The maximum atomic E-state index is 14.3. The van der Waals surface area contributed by atoms with E-state index in [1.807, 2.05) is 21.3 Å². The molecule has 0 saturated carbocycles. The monoisotopic (exact) mass is 1540 g/mol. The van der Waals surface area contributed by atoms with E-state index in [4.69, 9.17) is 22.3 Å². The van der Waals surface area contributed by atoms with Gasteiger partial charge in [0.15, 0.2) is 0 Å². The summed E-state index contributed by atoms with van der Waals surface area (Å²) >= 11 is 0. The van der Waals surface area contributed by atoms with Crippen LogP contribution in [0.5, 0.6) is 0 Å².